The van der Waals surface area contributed by atoms with Crippen molar-refractivity contribution in [3.63, 3.8) is 0 Å². The maximum Gasteiger partial charge on any atom is 0.319 e. The number of thiophene rings is 1. The van der Waals surface area contributed by atoms with Gasteiger partial charge in [0, 0.05) is 17.8 Å². The second kappa shape index (κ2) is 6.23. The summed E-state index contributed by atoms with van der Waals surface area (Å²) in [5.41, 5.74) is 6.31. The fourth-order valence-corrected chi connectivity index (χ4v) is 3.42. The highest BCUT2D eigenvalue weighted by Crippen LogP contribution is 2.40. The number of primary amides is 1. The van der Waals surface area contributed by atoms with E-state index in [1.54, 1.807) is 6.92 Å². The fourth-order valence-electron chi connectivity index (χ4n) is 2.29. The normalized spacial score (nSPS) is 17.5. The van der Waals surface area contributed by atoms with Crippen molar-refractivity contribution in [3.8, 4) is 0 Å². The molecular weight excluding hydrogens is 306 g/mol. The summed E-state index contributed by atoms with van der Waals surface area (Å²) in [5.74, 6) is -0.568. The van der Waals surface area contributed by atoms with Crippen LogP contribution in [0.3, 0.4) is 0 Å². The van der Waals surface area contributed by atoms with Crippen LogP contribution in [0.15, 0.2) is 0 Å². The van der Waals surface area contributed by atoms with Gasteiger partial charge in [0.15, 0.2) is 0 Å². The summed E-state index contributed by atoms with van der Waals surface area (Å²) in [5, 5.41) is 14.7. The molecule has 0 spiro atoms. The Kier molecular flexibility index (Phi) is 4.74. The number of urea groups is 1. The van der Waals surface area contributed by atoms with Crippen molar-refractivity contribution in [2.45, 2.75) is 45.5 Å². The van der Waals surface area contributed by atoms with Crippen LogP contribution < -0.4 is 16.4 Å². The molecule has 0 saturated carbocycles. The van der Waals surface area contributed by atoms with Crippen LogP contribution in [0.5, 0.6) is 0 Å². The van der Waals surface area contributed by atoms with Crippen LogP contribution in [0.2, 0.25) is 0 Å². The Morgan fingerprint density at radius 3 is 2.77 bits per heavy atom. The van der Waals surface area contributed by atoms with E-state index in [4.69, 9.17) is 15.6 Å². The van der Waals surface area contributed by atoms with Gasteiger partial charge in [0.1, 0.15) is 5.00 Å². The average Bonchev–Trinajstić information content (AvgIpc) is 2.72. The fraction of sp³-hybridized carbons (Fsp3) is 0.571. The first kappa shape index (κ1) is 16.7. The summed E-state index contributed by atoms with van der Waals surface area (Å²) in [6.45, 7) is 5.98. The lowest BCUT2D eigenvalue weighted by Gasteiger charge is -2.30. The number of ether oxygens (including phenoxy) is 1. The van der Waals surface area contributed by atoms with Crippen molar-refractivity contribution in [1.29, 1.82) is 0 Å². The second-order valence-electron chi connectivity index (χ2n) is 5.98. The summed E-state index contributed by atoms with van der Waals surface area (Å²) < 4.78 is 5.72. The predicted octanol–water partition coefficient (Wildman–Crippen LogP) is 1.20. The molecule has 5 N–H and O–H groups in total. The average molecular weight is 327 g/mol. The first-order valence-electron chi connectivity index (χ1n) is 7.01. The molecule has 0 radical (unpaired) electrons. The number of nitrogens with one attached hydrogen (secondary N) is 2. The lowest BCUT2D eigenvalue weighted by molar-refractivity contribution is -0.0383. The van der Waals surface area contributed by atoms with Gasteiger partial charge in [-0.15, -0.1) is 11.3 Å². The van der Waals surface area contributed by atoms with E-state index in [0.717, 1.165) is 10.4 Å². The molecule has 1 aliphatic rings. The van der Waals surface area contributed by atoms with Crippen molar-refractivity contribution in [1.82, 2.24) is 5.32 Å². The quantitative estimate of drug-likeness (QED) is 0.665. The van der Waals surface area contributed by atoms with Gasteiger partial charge in [-0.1, -0.05) is 0 Å². The van der Waals surface area contributed by atoms with Crippen molar-refractivity contribution in [2.24, 2.45) is 5.73 Å². The van der Waals surface area contributed by atoms with Crippen LogP contribution in [0.25, 0.3) is 0 Å². The summed E-state index contributed by atoms with van der Waals surface area (Å²) in [6.07, 6.45) is -0.0826. The van der Waals surface area contributed by atoms with Gasteiger partial charge < -0.3 is 20.9 Å². The molecule has 2 rings (SSSR count). The molecule has 1 atom stereocenters. The molecule has 1 aliphatic heterocycles. The maximum absolute atomic E-state index is 11.8. The van der Waals surface area contributed by atoms with Crippen LogP contribution in [0.1, 0.15) is 41.6 Å². The van der Waals surface area contributed by atoms with Gasteiger partial charge in [-0.25, -0.2) is 4.79 Å². The smallest absolute Gasteiger partial charge is 0.319 e. The third-order valence-electron chi connectivity index (χ3n) is 3.32. The number of carbonyl (C=O) groups is 2. The zero-order valence-corrected chi connectivity index (χ0v) is 13.7. The molecule has 0 aliphatic carbocycles. The van der Waals surface area contributed by atoms with Gasteiger partial charge in [0.2, 0.25) is 0 Å². The number of hydrogen-bond donors (Lipinski definition) is 4. The number of carbonyl (C=O) groups excluding carboxylic acids is 2. The zero-order chi connectivity index (χ0) is 16.5. The topological polar surface area (TPSA) is 114 Å². The molecule has 0 bridgehead atoms. The van der Waals surface area contributed by atoms with Crippen LogP contribution in [0, 0.1) is 0 Å². The van der Waals surface area contributed by atoms with Crippen LogP contribution in [-0.4, -0.2) is 35.3 Å². The Bertz CT molecular complexity index is 595. The lowest BCUT2D eigenvalue weighted by Crippen LogP contribution is -2.34. The molecule has 1 aromatic rings. The largest absolute Gasteiger partial charge is 0.392 e. The van der Waals surface area contributed by atoms with Crippen LogP contribution in [-0.2, 0) is 17.8 Å². The standard InChI is InChI=1S/C14H21N3O4S/c1-7(18)5-16-13(20)17-12-10(11(15)19)8-4-14(2,3)21-6-9(8)22-12/h7,18H,4-6H2,1-3H3,(H2,15,19)(H2,16,17,20)/t7-/m1/s1. The van der Waals surface area contributed by atoms with E-state index in [9.17, 15) is 9.59 Å². The van der Waals surface area contributed by atoms with Crippen molar-refractivity contribution in [3.05, 3.63) is 16.0 Å². The van der Waals surface area contributed by atoms with Gasteiger partial charge >= 0.3 is 6.03 Å². The third kappa shape index (κ3) is 3.76. The van der Waals surface area contributed by atoms with Gasteiger partial charge in [-0.05, 0) is 26.3 Å². The van der Waals surface area contributed by atoms with E-state index >= 15 is 0 Å². The Hall–Kier alpha value is -1.64. The molecule has 2 heterocycles. The summed E-state index contributed by atoms with van der Waals surface area (Å²) in [6, 6.07) is -0.484. The molecule has 0 fully saturated rings. The van der Waals surface area contributed by atoms with Crippen molar-refractivity contribution < 1.29 is 19.4 Å². The SMILES string of the molecule is C[C@@H](O)CNC(=O)Nc1sc2c(c1C(N)=O)CC(C)(C)OC2. The van der Waals surface area contributed by atoms with Gasteiger partial charge in [0.25, 0.3) is 5.91 Å². The van der Waals surface area contributed by atoms with Gasteiger partial charge in [-0.3, -0.25) is 10.1 Å². The maximum atomic E-state index is 11.8. The summed E-state index contributed by atoms with van der Waals surface area (Å²) in [7, 11) is 0. The third-order valence-corrected chi connectivity index (χ3v) is 4.44. The minimum absolute atomic E-state index is 0.124. The molecule has 3 amide bonds. The van der Waals surface area contributed by atoms with E-state index < -0.39 is 18.0 Å². The Balaban J connectivity index is 2.24. The predicted molar refractivity (Wildman–Crippen MR) is 84.1 cm³/mol. The van der Waals surface area contributed by atoms with Crippen molar-refractivity contribution in [2.75, 3.05) is 11.9 Å². The lowest BCUT2D eigenvalue weighted by atomic mass is 9.93. The van der Waals surface area contributed by atoms with E-state index in [1.807, 2.05) is 13.8 Å². The number of rotatable bonds is 4. The number of amides is 3. The number of aliphatic hydroxyl groups is 1. The van der Waals surface area contributed by atoms with E-state index in [1.165, 1.54) is 11.3 Å². The highest BCUT2D eigenvalue weighted by Gasteiger charge is 2.33. The molecule has 8 heteroatoms. The molecule has 7 nitrogen and oxygen atoms in total. The van der Waals surface area contributed by atoms with Crippen LogP contribution in [0.4, 0.5) is 9.80 Å². The molecule has 22 heavy (non-hydrogen) atoms. The second-order valence-corrected chi connectivity index (χ2v) is 7.09. The van der Waals surface area contributed by atoms with Crippen molar-refractivity contribution >= 4 is 28.3 Å². The number of aliphatic hydroxyl groups excluding tert-OH is 1. The Morgan fingerprint density at radius 2 is 2.18 bits per heavy atom. The zero-order valence-electron chi connectivity index (χ0n) is 12.9. The monoisotopic (exact) mass is 327 g/mol. The minimum Gasteiger partial charge on any atom is -0.392 e. The Morgan fingerprint density at radius 1 is 1.50 bits per heavy atom. The van der Waals surface area contributed by atoms with E-state index in [2.05, 4.69) is 10.6 Å². The molecule has 122 valence electrons. The molecule has 0 unspecified atom stereocenters. The van der Waals surface area contributed by atoms with Crippen LogP contribution >= 0.6 is 11.3 Å². The summed E-state index contributed by atoms with van der Waals surface area (Å²) >= 11 is 1.29. The molecule has 1 aromatic heterocycles. The first-order valence-corrected chi connectivity index (χ1v) is 7.82. The summed E-state index contributed by atoms with van der Waals surface area (Å²) in [4.78, 5) is 24.5. The van der Waals surface area contributed by atoms with E-state index in [0.29, 0.717) is 23.6 Å². The highest BCUT2D eigenvalue weighted by molar-refractivity contribution is 7.17. The molecule has 0 saturated heterocycles. The number of nitrogens with two attached hydrogens (primary N) is 1. The molecule has 0 aromatic carbocycles. The number of hydrogen-bond acceptors (Lipinski definition) is 5. The first-order chi connectivity index (χ1) is 10.2. The Labute approximate surface area is 132 Å². The van der Waals surface area contributed by atoms with Gasteiger partial charge in [0.05, 0.1) is 23.9 Å². The molecular formula is C14H21N3O4S. The number of anilines is 1. The van der Waals surface area contributed by atoms with Gasteiger partial charge in [-0.2, -0.15) is 0 Å². The highest BCUT2D eigenvalue weighted by atomic mass is 32.1. The number of fused-ring (bicyclic) bond motifs is 1. The van der Waals surface area contributed by atoms with E-state index in [-0.39, 0.29) is 12.1 Å². The minimum atomic E-state index is -0.646.